The Morgan fingerprint density at radius 3 is 2.45 bits per heavy atom. The second-order valence-electron chi connectivity index (χ2n) is 7.18. The van der Waals surface area contributed by atoms with Crippen LogP contribution in [0.5, 0.6) is 11.5 Å². The first-order valence-electron chi connectivity index (χ1n) is 10.3. The molecule has 6 heteroatoms. The third kappa shape index (κ3) is 5.41. The standard InChI is InChI=1S/C25H24N2O3S/c28-24(26-25(31)27-15-7-10-19-8-4-5-14-23(19)27)20-9-6-13-22(18-20)30-17-16-29-21-11-2-1-3-12-21/h1-6,8-9,11-14,18H,7,10,15-17H2,(H,26,28,31). The van der Waals surface area contributed by atoms with Crippen LogP contribution in [-0.4, -0.2) is 30.8 Å². The van der Waals surface area contributed by atoms with Crippen LogP contribution < -0.4 is 19.7 Å². The minimum absolute atomic E-state index is 0.251. The SMILES string of the molecule is O=C(NC(=S)N1CCCc2ccccc21)c1cccc(OCCOc2ccccc2)c1. The van der Waals surface area contributed by atoms with Crippen LogP contribution in [0.15, 0.2) is 78.9 Å². The smallest absolute Gasteiger partial charge is 0.257 e. The minimum Gasteiger partial charge on any atom is -0.490 e. The number of ether oxygens (including phenoxy) is 2. The summed E-state index contributed by atoms with van der Waals surface area (Å²) in [5, 5.41) is 3.28. The summed E-state index contributed by atoms with van der Waals surface area (Å²) in [6.07, 6.45) is 2.03. The zero-order chi connectivity index (χ0) is 21.5. The number of aryl methyl sites for hydroxylation is 1. The molecule has 1 amide bonds. The van der Waals surface area contributed by atoms with E-state index in [1.807, 2.05) is 59.5 Å². The molecule has 1 heterocycles. The first-order chi connectivity index (χ1) is 15.2. The van der Waals surface area contributed by atoms with Crippen molar-refractivity contribution in [2.45, 2.75) is 12.8 Å². The van der Waals surface area contributed by atoms with Crippen molar-refractivity contribution in [1.82, 2.24) is 5.32 Å². The van der Waals surface area contributed by atoms with Crippen molar-refractivity contribution in [3.63, 3.8) is 0 Å². The van der Waals surface area contributed by atoms with Crippen molar-refractivity contribution in [3.05, 3.63) is 90.0 Å². The number of benzene rings is 3. The number of amides is 1. The van der Waals surface area contributed by atoms with Crippen LogP contribution in [-0.2, 0) is 6.42 Å². The van der Waals surface area contributed by atoms with Gasteiger partial charge in [-0.15, -0.1) is 0 Å². The molecule has 1 N–H and O–H groups in total. The van der Waals surface area contributed by atoms with Gasteiger partial charge in [0.15, 0.2) is 5.11 Å². The molecule has 158 valence electrons. The molecule has 0 aliphatic carbocycles. The summed E-state index contributed by atoms with van der Waals surface area (Å²) in [7, 11) is 0. The lowest BCUT2D eigenvalue weighted by Gasteiger charge is -2.31. The normalized spacial score (nSPS) is 12.6. The molecule has 0 aromatic heterocycles. The van der Waals surface area contributed by atoms with Gasteiger partial charge in [-0.2, -0.15) is 0 Å². The summed E-state index contributed by atoms with van der Waals surface area (Å²) in [4.78, 5) is 14.8. The largest absolute Gasteiger partial charge is 0.490 e. The molecule has 5 nitrogen and oxygen atoms in total. The molecule has 0 atom stereocenters. The summed E-state index contributed by atoms with van der Waals surface area (Å²) >= 11 is 5.54. The average molecular weight is 433 g/mol. The van der Waals surface area contributed by atoms with Crippen LogP contribution in [0.2, 0.25) is 0 Å². The van der Waals surface area contributed by atoms with Gasteiger partial charge in [0.2, 0.25) is 0 Å². The van der Waals surface area contributed by atoms with Gasteiger partial charge in [-0.05, 0) is 67.0 Å². The number of hydrogen-bond donors (Lipinski definition) is 1. The topological polar surface area (TPSA) is 50.8 Å². The molecule has 0 fully saturated rings. The highest BCUT2D eigenvalue weighted by Crippen LogP contribution is 2.26. The summed E-state index contributed by atoms with van der Waals surface area (Å²) in [6, 6.07) is 24.8. The Bertz CT molecular complexity index is 1060. The van der Waals surface area contributed by atoms with E-state index in [0.29, 0.717) is 29.6 Å². The molecule has 4 rings (SSSR count). The van der Waals surface area contributed by atoms with Crippen LogP contribution in [0.3, 0.4) is 0 Å². The fraction of sp³-hybridized carbons (Fsp3) is 0.200. The predicted molar refractivity (Wildman–Crippen MR) is 126 cm³/mol. The second kappa shape index (κ2) is 10.1. The Labute approximate surface area is 187 Å². The van der Waals surface area contributed by atoms with Crippen LogP contribution in [0, 0.1) is 0 Å². The average Bonchev–Trinajstić information content (AvgIpc) is 2.82. The third-order valence-corrected chi connectivity index (χ3v) is 5.36. The molecular weight excluding hydrogens is 408 g/mol. The molecule has 3 aromatic carbocycles. The third-order valence-electron chi connectivity index (χ3n) is 5.04. The van der Waals surface area contributed by atoms with Crippen molar-refractivity contribution in [1.29, 1.82) is 0 Å². The first-order valence-corrected chi connectivity index (χ1v) is 10.7. The molecule has 31 heavy (non-hydrogen) atoms. The van der Waals surface area contributed by atoms with E-state index in [4.69, 9.17) is 21.7 Å². The van der Waals surface area contributed by atoms with E-state index < -0.39 is 0 Å². The van der Waals surface area contributed by atoms with E-state index in [2.05, 4.69) is 11.4 Å². The number of nitrogens with one attached hydrogen (secondary N) is 1. The van der Waals surface area contributed by atoms with Crippen molar-refractivity contribution in [2.24, 2.45) is 0 Å². The van der Waals surface area contributed by atoms with Crippen LogP contribution in [0.25, 0.3) is 0 Å². The highest BCUT2D eigenvalue weighted by molar-refractivity contribution is 7.80. The lowest BCUT2D eigenvalue weighted by atomic mass is 10.0. The van der Waals surface area contributed by atoms with Gasteiger partial charge >= 0.3 is 0 Å². The van der Waals surface area contributed by atoms with E-state index in [-0.39, 0.29) is 5.91 Å². The summed E-state index contributed by atoms with van der Waals surface area (Å²) < 4.78 is 11.4. The molecule has 1 aliphatic heterocycles. The number of carbonyl (C=O) groups excluding carboxylic acids is 1. The number of anilines is 1. The van der Waals surface area contributed by atoms with E-state index >= 15 is 0 Å². The lowest BCUT2D eigenvalue weighted by Crippen LogP contribution is -2.45. The monoisotopic (exact) mass is 432 g/mol. The van der Waals surface area contributed by atoms with E-state index in [1.54, 1.807) is 18.2 Å². The summed E-state index contributed by atoms with van der Waals surface area (Å²) in [5.74, 6) is 1.16. The quantitative estimate of drug-likeness (QED) is 0.455. The van der Waals surface area contributed by atoms with E-state index in [1.165, 1.54) is 5.56 Å². The van der Waals surface area contributed by atoms with E-state index in [0.717, 1.165) is 30.8 Å². The summed E-state index contributed by atoms with van der Waals surface area (Å²) in [5.41, 5.74) is 2.81. The molecular formula is C25H24N2O3S. The predicted octanol–water partition coefficient (Wildman–Crippen LogP) is 4.61. The van der Waals surface area contributed by atoms with Gasteiger partial charge in [0.05, 0.1) is 0 Å². The number of hydrogen-bond acceptors (Lipinski definition) is 4. The molecule has 0 radical (unpaired) electrons. The first kappa shape index (κ1) is 20.9. The molecule has 1 aliphatic rings. The minimum atomic E-state index is -0.251. The van der Waals surface area contributed by atoms with Crippen molar-refractivity contribution >= 4 is 28.9 Å². The molecule has 0 spiro atoms. The molecule has 0 saturated heterocycles. The maximum absolute atomic E-state index is 12.8. The maximum atomic E-state index is 12.8. The number of fused-ring (bicyclic) bond motifs is 1. The second-order valence-corrected chi connectivity index (χ2v) is 7.57. The molecule has 0 unspecified atom stereocenters. The van der Waals surface area contributed by atoms with Crippen LogP contribution in [0.1, 0.15) is 22.3 Å². The van der Waals surface area contributed by atoms with Crippen LogP contribution >= 0.6 is 12.2 Å². The van der Waals surface area contributed by atoms with Gasteiger partial charge in [-0.3, -0.25) is 10.1 Å². The number of carbonyl (C=O) groups is 1. The summed E-state index contributed by atoms with van der Waals surface area (Å²) in [6.45, 7) is 1.59. The van der Waals surface area contributed by atoms with E-state index in [9.17, 15) is 4.79 Å². The van der Waals surface area contributed by atoms with Gasteiger partial charge in [-0.1, -0.05) is 42.5 Å². The molecule has 3 aromatic rings. The van der Waals surface area contributed by atoms with Crippen LogP contribution in [0.4, 0.5) is 5.69 Å². The maximum Gasteiger partial charge on any atom is 0.257 e. The highest BCUT2D eigenvalue weighted by atomic mass is 32.1. The highest BCUT2D eigenvalue weighted by Gasteiger charge is 2.21. The fourth-order valence-corrected chi connectivity index (χ4v) is 3.83. The lowest BCUT2D eigenvalue weighted by molar-refractivity contribution is 0.0976. The van der Waals surface area contributed by atoms with Gasteiger partial charge in [0.25, 0.3) is 5.91 Å². The number of nitrogens with zero attached hydrogens (tertiary/aromatic N) is 1. The zero-order valence-corrected chi connectivity index (χ0v) is 17.9. The van der Waals surface area contributed by atoms with Crippen molar-refractivity contribution < 1.29 is 14.3 Å². The van der Waals surface area contributed by atoms with Gasteiger partial charge in [-0.25, -0.2) is 0 Å². The number of para-hydroxylation sites is 2. The molecule has 0 saturated carbocycles. The molecule has 0 bridgehead atoms. The zero-order valence-electron chi connectivity index (χ0n) is 17.1. The van der Waals surface area contributed by atoms with Crippen molar-refractivity contribution in [3.8, 4) is 11.5 Å². The Morgan fingerprint density at radius 2 is 1.61 bits per heavy atom. The van der Waals surface area contributed by atoms with Gasteiger partial charge in [0.1, 0.15) is 24.7 Å². The number of thiocarbonyl (C=S) groups is 1. The Balaban J connectivity index is 1.32. The Morgan fingerprint density at radius 1 is 0.903 bits per heavy atom. The fourth-order valence-electron chi connectivity index (χ4n) is 3.54. The van der Waals surface area contributed by atoms with Crippen molar-refractivity contribution in [2.75, 3.05) is 24.7 Å². The van der Waals surface area contributed by atoms with Gasteiger partial charge in [0, 0.05) is 17.8 Å². The Kier molecular flexibility index (Phi) is 6.79. The number of rotatable bonds is 6. The Hall–Kier alpha value is -3.38. The van der Waals surface area contributed by atoms with Gasteiger partial charge < -0.3 is 14.4 Å².